The smallest absolute Gasteiger partial charge is 0.163 e. The third kappa shape index (κ3) is 4.13. The number of hydrogen-bond donors (Lipinski definition) is 0. The van der Waals surface area contributed by atoms with Crippen LogP contribution in [0.3, 0.4) is 0 Å². The van der Waals surface area contributed by atoms with Crippen LogP contribution in [0.2, 0.25) is 0 Å². The van der Waals surface area contributed by atoms with E-state index in [2.05, 4.69) is 15.9 Å². The number of hydrogen-bond acceptors (Lipinski definition) is 2. The second-order valence-electron chi connectivity index (χ2n) is 4.56. The summed E-state index contributed by atoms with van der Waals surface area (Å²) < 4.78 is 5.26. The van der Waals surface area contributed by atoms with Gasteiger partial charge in [0, 0.05) is 17.3 Å². The molecule has 0 radical (unpaired) electrons. The Morgan fingerprint density at radius 3 is 2.50 bits per heavy atom. The molecule has 1 rings (SSSR count). The molecule has 0 saturated heterocycles. The molecule has 100 valence electrons. The molecule has 0 aliphatic heterocycles. The van der Waals surface area contributed by atoms with Crippen LogP contribution in [0.25, 0.3) is 0 Å². The molecule has 1 aromatic carbocycles. The molecule has 0 saturated carbocycles. The van der Waals surface area contributed by atoms with E-state index < -0.39 is 0 Å². The largest absolute Gasteiger partial charge is 0.496 e. The molecule has 0 bridgehead atoms. The number of halogens is 1. The first-order valence-electron chi connectivity index (χ1n) is 6.34. The lowest BCUT2D eigenvalue weighted by atomic mass is 9.98. The van der Waals surface area contributed by atoms with Gasteiger partial charge in [0.25, 0.3) is 0 Å². The second kappa shape index (κ2) is 7.57. The summed E-state index contributed by atoms with van der Waals surface area (Å²) in [4.78, 5) is 12.1. The molecule has 2 nitrogen and oxygen atoms in total. The third-order valence-electron chi connectivity index (χ3n) is 3.08. The fraction of sp³-hybridized carbons (Fsp3) is 0.533. The number of aryl methyl sites for hydroxylation is 2. The number of Topliss-reactive ketones (excluding diaryl/α,β-unsaturated/α-hetero) is 1. The number of ether oxygens (including phenoxy) is 1. The van der Waals surface area contributed by atoms with Crippen LogP contribution in [0.15, 0.2) is 12.1 Å². The fourth-order valence-electron chi connectivity index (χ4n) is 2.00. The lowest BCUT2D eigenvalue weighted by molar-refractivity contribution is 0.0978. The molecule has 0 N–H and O–H groups in total. The van der Waals surface area contributed by atoms with Crippen molar-refractivity contribution >= 4 is 21.7 Å². The van der Waals surface area contributed by atoms with Crippen LogP contribution in [0.5, 0.6) is 5.75 Å². The topological polar surface area (TPSA) is 26.3 Å². The number of rotatable bonds is 7. The van der Waals surface area contributed by atoms with Gasteiger partial charge in [0.1, 0.15) is 5.75 Å². The van der Waals surface area contributed by atoms with Crippen molar-refractivity contribution in [2.45, 2.75) is 39.5 Å². The highest BCUT2D eigenvalue weighted by Gasteiger charge is 2.11. The number of ketones is 1. The molecule has 0 spiro atoms. The highest BCUT2D eigenvalue weighted by Crippen LogP contribution is 2.23. The van der Waals surface area contributed by atoms with Crippen molar-refractivity contribution in [2.75, 3.05) is 12.4 Å². The first kappa shape index (κ1) is 15.2. The average molecular weight is 313 g/mol. The van der Waals surface area contributed by atoms with Crippen LogP contribution < -0.4 is 4.74 Å². The Morgan fingerprint density at radius 2 is 1.89 bits per heavy atom. The molecule has 0 unspecified atom stereocenters. The molecule has 3 heteroatoms. The van der Waals surface area contributed by atoms with Crippen molar-refractivity contribution < 1.29 is 9.53 Å². The van der Waals surface area contributed by atoms with E-state index in [9.17, 15) is 4.79 Å². The van der Waals surface area contributed by atoms with Gasteiger partial charge in [0.15, 0.2) is 5.78 Å². The van der Waals surface area contributed by atoms with Gasteiger partial charge in [-0.25, -0.2) is 0 Å². The van der Waals surface area contributed by atoms with E-state index in [1.54, 1.807) is 7.11 Å². The molecule has 0 fully saturated rings. The zero-order chi connectivity index (χ0) is 13.5. The Labute approximate surface area is 118 Å². The monoisotopic (exact) mass is 312 g/mol. The van der Waals surface area contributed by atoms with E-state index in [-0.39, 0.29) is 5.78 Å². The Hall–Kier alpha value is -0.830. The van der Waals surface area contributed by atoms with Crippen LogP contribution in [-0.2, 0) is 0 Å². The van der Waals surface area contributed by atoms with E-state index in [1.165, 1.54) is 0 Å². The molecule has 1 aromatic rings. The van der Waals surface area contributed by atoms with Crippen LogP contribution in [0, 0.1) is 13.8 Å². The number of methoxy groups -OCH3 is 1. The predicted octanol–water partition coefficient (Wildman–Crippen LogP) is 4.45. The lowest BCUT2D eigenvalue weighted by Crippen LogP contribution is -2.03. The Bertz CT molecular complexity index is 413. The number of carbonyl (C=O) groups excluding carboxylic acids is 1. The standard InChI is InChI=1S/C15H21BrO2/c1-11-10-15(18-3)12(2)9-13(11)14(17)7-5-4-6-8-16/h9-10H,4-8H2,1-3H3. The van der Waals surface area contributed by atoms with Gasteiger partial charge in [-0.05, 0) is 49.9 Å². The Balaban J connectivity index is 2.71. The van der Waals surface area contributed by atoms with Crippen molar-refractivity contribution in [3.05, 3.63) is 28.8 Å². The first-order chi connectivity index (χ1) is 8.60. The maximum Gasteiger partial charge on any atom is 0.163 e. The summed E-state index contributed by atoms with van der Waals surface area (Å²) in [7, 11) is 1.66. The fourth-order valence-corrected chi connectivity index (χ4v) is 2.40. The van der Waals surface area contributed by atoms with Gasteiger partial charge in [-0.15, -0.1) is 0 Å². The van der Waals surface area contributed by atoms with Crippen molar-refractivity contribution in [3.63, 3.8) is 0 Å². The number of alkyl halides is 1. The summed E-state index contributed by atoms with van der Waals surface area (Å²) in [6, 6.07) is 3.89. The van der Waals surface area contributed by atoms with Gasteiger partial charge in [-0.2, -0.15) is 0 Å². The van der Waals surface area contributed by atoms with E-state index in [1.807, 2.05) is 26.0 Å². The zero-order valence-corrected chi connectivity index (χ0v) is 13.0. The average Bonchev–Trinajstić information content (AvgIpc) is 2.36. The Morgan fingerprint density at radius 1 is 1.17 bits per heavy atom. The molecule has 0 atom stereocenters. The van der Waals surface area contributed by atoms with E-state index >= 15 is 0 Å². The van der Waals surface area contributed by atoms with Crippen molar-refractivity contribution in [3.8, 4) is 5.75 Å². The summed E-state index contributed by atoms with van der Waals surface area (Å²) in [5, 5.41) is 1.02. The minimum Gasteiger partial charge on any atom is -0.496 e. The molecule has 0 aromatic heterocycles. The minimum absolute atomic E-state index is 0.243. The van der Waals surface area contributed by atoms with Crippen molar-refractivity contribution in [2.24, 2.45) is 0 Å². The number of unbranched alkanes of at least 4 members (excludes halogenated alkanes) is 2. The molecule has 0 amide bonds. The van der Waals surface area contributed by atoms with Gasteiger partial charge in [-0.1, -0.05) is 22.4 Å². The summed E-state index contributed by atoms with van der Waals surface area (Å²) >= 11 is 3.40. The maximum absolute atomic E-state index is 12.1. The van der Waals surface area contributed by atoms with Crippen LogP contribution in [0.4, 0.5) is 0 Å². The second-order valence-corrected chi connectivity index (χ2v) is 5.35. The normalized spacial score (nSPS) is 10.4. The van der Waals surface area contributed by atoms with Gasteiger partial charge >= 0.3 is 0 Å². The van der Waals surface area contributed by atoms with Crippen LogP contribution >= 0.6 is 15.9 Å². The zero-order valence-electron chi connectivity index (χ0n) is 11.4. The summed E-state index contributed by atoms with van der Waals surface area (Å²) in [5.74, 6) is 1.09. The molecular formula is C15H21BrO2. The van der Waals surface area contributed by atoms with Gasteiger partial charge in [0.2, 0.25) is 0 Å². The highest BCUT2D eigenvalue weighted by atomic mass is 79.9. The predicted molar refractivity (Wildman–Crippen MR) is 79.1 cm³/mol. The molecule has 0 aliphatic rings. The van der Waals surface area contributed by atoms with Gasteiger partial charge in [-0.3, -0.25) is 4.79 Å². The summed E-state index contributed by atoms with van der Waals surface area (Å²) in [6.45, 7) is 3.94. The van der Waals surface area contributed by atoms with Crippen LogP contribution in [-0.4, -0.2) is 18.2 Å². The van der Waals surface area contributed by atoms with Crippen molar-refractivity contribution in [1.29, 1.82) is 0 Å². The van der Waals surface area contributed by atoms with Crippen LogP contribution in [0.1, 0.15) is 47.2 Å². The third-order valence-corrected chi connectivity index (χ3v) is 3.64. The number of carbonyl (C=O) groups is 1. The van der Waals surface area contributed by atoms with E-state index in [4.69, 9.17) is 4.74 Å². The Kier molecular flexibility index (Phi) is 6.41. The summed E-state index contributed by atoms with van der Waals surface area (Å²) in [6.07, 6.45) is 3.84. The van der Waals surface area contributed by atoms with Crippen molar-refractivity contribution in [1.82, 2.24) is 0 Å². The molecule has 18 heavy (non-hydrogen) atoms. The quantitative estimate of drug-likeness (QED) is 0.422. The first-order valence-corrected chi connectivity index (χ1v) is 7.46. The number of benzene rings is 1. The van der Waals surface area contributed by atoms with E-state index in [0.29, 0.717) is 6.42 Å². The molecular weight excluding hydrogens is 292 g/mol. The lowest BCUT2D eigenvalue weighted by Gasteiger charge is -2.10. The molecule has 0 aliphatic carbocycles. The maximum atomic E-state index is 12.1. The van der Waals surface area contributed by atoms with E-state index in [0.717, 1.165) is 47.0 Å². The highest BCUT2D eigenvalue weighted by molar-refractivity contribution is 9.09. The SMILES string of the molecule is COc1cc(C)c(C(=O)CCCCCBr)cc1C. The molecule has 0 heterocycles. The minimum atomic E-state index is 0.243. The van der Waals surface area contributed by atoms with Gasteiger partial charge in [0.05, 0.1) is 7.11 Å². The van der Waals surface area contributed by atoms with Gasteiger partial charge < -0.3 is 4.74 Å². The summed E-state index contributed by atoms with van der Waals surface area (Å²) in [5.41, 5.74) is 2.86.